The van der Waals surface area contributed by atoms with Gasteiger partial charge in [0.15, 0.2) is 0 Å². The molecule has 1 aliphatic heterocycles. The minimum atomic E-state index is -1.46. The molecule has 0 radical (unpaired) electrons. The van der Waals surface area contributed by atoms with E-state index in [0.717, 1.165) is 36.0 Å². The van der Waals surface area contributed by atoms with Gasteiger partial charge in [-0.2, -0.15) is 9.97 Å². The van der Waals surface area contributed by atoms with Crippen molar-refractivity contribution in [2.24, 2.45) is 22.4 Å². The van der Waals surface area contributed by atoms with Crippen LogP contribution in [-0.4, -0.2) is 60.7 Å². The van der Waals surface area contributed by atoms with Crippen molar-refractivity contribution in [1.29, 1.82) is 0 Å². The SMILES string of the molecule is CC.CC.COCC1ON(Cc2cccc(-c3ccc(S(=O)NOC)cc3)c2)C(C(=O)N[C@H]2CCC(C)(C)CC2C)C1CN=O. The molecule has 1 saturated carbocycles. The highest BCUT2D eigenvalue weighted by molar-refractivity contribution is 7.82. The van der Waals surface area contributed by atoms with Crippen LogP contribution in [0.3, 0.4) is 0 Å². The molecule has 2 aromatic carbocycles. The fraction of sp³-hybridized carbons (Fsp3) is 0.618. The van der Waals surface area contributed by atoms with Crippen molar-refractivity contribution in [3.63, 3.8) is 0 Å². The minimum Gasteiger partial charge on any atom is -0.382 e. The van der Waals surface area contributed by atoms with Crippen molar-refractivity contribution >= 4 is 16.9 Å². The van der Waals surface area contributed by atoms with Gasteiger partial charge in [-0.15, -0.1) is 4.89 Å². The number of nitrogens with zero attached hydrogens (tertiary/aromatic N) is 2. The summed E-state index contributed by atoms with van der Waals surface area (Å²) in [6.07, 6.45) is 2.54. The van der Waals surface area contributed by atoms with Gasteiger partial charge in [-0.05, 0) is 65.5 Å². The number of nitrogens with one attached hydrogen (secondary N) is 2. The molecular weight excluding hydrogens is 592 g/mol. The third-order valence-electron chi connectivity index (χ3n) is 8.20. The summed E-state index contributed by atoms with van der Waals surface area (Å²) < 4.78 is 17.5. The van der Waals surface area contributed by atoms with E-state index in [1.165, 1.54) is 7.11 Å². The van der Waals surface area contributed by atoms with E-state index in [9.17, 15) is 13.9 Å². The molecule has 1 amide bonds. The summed E-state index contributed by atoms with van der Waals surface area (Å²) in [5, 5.41) is 8.14. The Morgan fingerprint density at radius 3 is 2.38 bits per heavy atom. The lowest BCUT2D eigenvalue weighted by molar-refractivity contribution is -0.183. The highest BCUT2D eigenvalue weighted by Gasteiger charge is 2.48. The molecule has 5 unspecified atom stereocenters. The molecule has 10 nitrogen and oxygen atoms in total. The number of hydrogen-bond acceptors (Lipinski definition) is 8. The molecule has 6 atom stereocenters. The first-order valence-electron chi connectivity index (χ1n) is 16.1. The lowest BCUT2D eigenvalue weighted by Crippen LogP contribution is -2.52. The summed E-state index contributed by atoms with van der Waals surface area (Å²) in [6, 6.07) is 14.7. The van der Waals surface area contributed by atoms with Crippen molar-refractivity contribution in [2.75, 3.05) is 27.4 Å². The summed E-state index contributed by atoms with van der Waals surface area (Å²) in [6.45, 7) is 15.3. The molecule has 45 heavy (non-hydrogen) atoms. The molecule has 2 aliphatic rings. The lowest BCUT2D eigenvalue weighted by Gasteiger charge is -2.40. The highest BCUT2D eigenvalue weighted by atomic mass is 32.2. The molecule has 1 heterocycles. The van der Waals surface area contributed by atoms with Crippen LogP contribution in [0, 0.1) is 22.2 Å². The second-order valence-electron chi connectivity index (χ2n) is 11.9. The number of carbonyl (C=O) groups excluding carboxylic acids is 1. The number of amides is 1. The van der Waals surface area contributed by atoms with E-state index >= 15 is 0 Å². The van der Waals surface area contributed by atoms with Crippen LogP contribution in [0.4, 0.5) is 0 Å². The predicted octanol–water partition coefficient (Wildman–Crippen LogP) is 6.42. The Bertz CT molecular complexity index is 1210. The number of ether oxygens (including phenoxy) is 1. The molecule has 4 rings (SSSR count). The van der Waals surface area contributed by atoms with Crippen molar-refractivity contribution in [3.05, 3.63) is 59.0 Å². The Kier molecular flexibility index (Phi) is 16.5. The van der Waals surface area contributed by atoms with Gasteiger partial charge in [0.2, 0.25) is 5.91 Å². The minimum absolute atomic E-state index is 0.0401. The van der Waals surface area contributed by atoms with Crippen LogP contribution in [0.25, 0.3) is 11.1 Å². The summed E-state index contributed by atoms with van der Waals surface area (Å²) in [7, 11) is 1.54. The van der Waals surface area contributed by atoms with E-state index < -0.39 is 29.0 Å². The number of nitroso groups, excluding NO2 is 1. The zero-order valence-electron chi connectivity index (χ0n) is 28.5. The molecular formula is C34H54N4O6S. The van der Waals surface area contributed by atoms with Gasteiger partial charge >= 0.3 is 0 Å². The summed E-state index contributed by atoms with van der Waals surface area (Å²) in [5.74, 6) is -0.222. The van der Waals surface area contributed by atoms with Gasteiger partial charge in [0.25, 0.3) is 0 Å². The van der Waals surface area contributed by atoms with Crippen LogP contribution in [-0.2, 0) is 36.7 Å². The molecule has 11 heteroatoms. The topological polar surface area (TPSA) is 119 Å². The maximum Gasteiger partial charge on any atom is 0.240 e. The largest absolute Gasteiger partial charge is 0.382 e. The zero-order valence-corrected chi connectivity index (χ0v) is 29.3. The Hall–Kier alpha value is -2.54. The third kappa shape index (κ3) is 10.8. The number of benzene rings is 2. The van der Waals surface area contributed by atoms with E-state index in [2.05, 4.69) is 36.2 Å². The molecule has 1 aliphatic carbocycles. The second-order valence-corrected chi connectivity index (χ2v) is 13.1. The summed E-state index contributed by atoms with van der Waals surface area (Å²) in [5.41, 5.74) is 3.13. The van der Waals surface area contributed by atoms with Gasteiger partial charge in [-0.3, -0.25) is 14.5 Å². The first kappa shape index (κ1) is 38.6. The van der Waals surface area contributed by atoms with Crippen molar-refractivity contribution in [3.8, 4) is 11.1 Å². The lowest BCUT2D eigenvalue weighted by atomic mass is 9.70. The Labute approximate surface area is 272 Å². The zero-order chi connectivity index (χ0) is 33.6. The number of rotatable bonds is 12. The predicted molar refractivity (Wildman–Crippen MR) is 180 cm³/mol. The van der Waals surface area contributed by atoms with Crippen molar-refractivity contribution < 1.29 is 23.4 Å². The first-order valence-corrected chi connectivity index (χ1v) is 17.2. The van der Waals surface area contributed by atoms with E-state index in [0.29, 0.717) is 17.4 Å². The fourth-order valence-corrected chi connectivity index (χ4v) is 6.80. The number of carbonyl (C=O) groups is 1. The normalized spacial score (nSPS) is 24.8. The van der Waals surface area contributed by atoms with Gasteiger partial charge in [-0.25, -0.2) is 4.21 Å². The quantitative estimate of drug-likeness (QED) is 0.202. The van der Waals surface area contributed by atoms with E-state index in [1.54, 1.807) is 24.3 Å². The van der Waals surface area contributed by atoms with Crippen LogP contribution in [0.5, 0.6) is 0 Å². The third-order valence-corrected chi connectivity index (χ3v) is 9.21. The second kappa shape index (κ2) is 19.2. The monoisotopic (exact) mass is 646 g/mol. The van der Waals surface area contributed by atoms with Crippen LogP contribution in [0.2, 0.25) is 0 Å². The van der Waals surface area contributed by atoms with Crippen LogP contribution < -0.4 is 10.2 Å². The fourth-order valence-electron chi connectivity index (χ4n) is 6.17. The van der Waals surface area contributed by atoms with Crippen molar-refractivity contribution in [2.45, 2.75) is 97.4 Å². The molecule has 0 spiro atoms. The van der Waals surface area contributed by atoms with Gasteiger partial charge in [-0.1, -0.05) is 84.0 Å². The Balaban J connectivity index is 0.00000169. The summed E-state index contributed by atoms with van der Waals surface area (Å²) >= 11 is 0. The molecule has 2 N–H and O–H groups in total. The molecule has 0 bridgehead atoms. The van der Waals surface area contributed by atoms with Crippen LogP contribution in [0.1, 0.15) is 73.3 Å². The number of hydrogen-bond donors (Lipinski definition) is 2. The smallest absolute Gasteiger partial charge is 0.240 e. The molecule has 0 aromatic heterocycles. The Morgan fingerprint density at radius 2 is 1.78 bits per heavy atom. The van der Waals surface area contributed by atoms with Gasteiger partial charge in [0.05, 0.1) is 31.7 Å². The van der Waals surface area contributed by atoms with Gasteiger partial charge in [0.1, 0.15) is 23.1 Å². The average Bonchev–Trinajstić information content (AvgIpc) is 3.37. The average molecular weight is 647 g/mol. The molecule has 1 saturated heterocycles. The molecule has 2 aromatic rings. The Morgan fingerprint density at radius 1 is 1.09 bits per heavy atom. The maximum absolute atomic E-state index is 13.8. The van der Waals surface area contributed by atoms with Crippen LogP contribution in [0.15, 0.2) is 58.6 Å². The van der Waals surface area contributed by atoms with Gasteiger partial charge < -0.3 is 10.1 Å². The van der Waals surface area contributed by atoms with E-state index in [1.807, 2.05) is 64.1 Å². The number of hydroxylamine groups is 2. The molecule has 2 fully saturated rings. The standard InChI is InChI=1S/C30H42N4O6S.2C2H6/c1-20-16-30(2,3)14-13-26(20)32-29(35)28-25(17-31-36)27(19-38-4)40-34(28)18-21-7-6-8-23(15-21)22-9-11-24(12-10-22)41(37)33-39-5;2*1-2/h6-12,15,20,25-28,33H,13-14,16-19H2,1-5H3,(H,32,35);2*1-2H3/t20?,25?,26-,27?,28?,41?;;/m0../s1. The summed E-state index contributed by atoms with van der Waals surface area (Å²) in [4.78, 5) is 39.3. The highest BCUT2D eigenvalue weighted by Crippen LogP contribution is 2.39. The maximum atomic E-state index is 13.8. The van der Waals surface area contributed by atoms with Crippen molar-refractivity contribution in [1.82, 2.24) is 15.3 Å². The first-order chi connectivity index (χ1) is 21.7. The van der Waals surface area contributed by atoms with E-state index in [-0.39, 0.29) is 30.5 Å². The number of methoxy groups -OCH3 is 1. The van der Waals surface area contributed by atoms with Gasteiger partial charge in [0, 0.05) is 19.1 Å². The van der Waals surface area contributed by atoms with E-state index in [4.69, 9.17) is 14.4 Å². The molecule has 252 valence electrons. The van der Waals surface area contributed by atoms with Crippen LogP contribution >= 0.6 is 0 Å².